The number of ether oxygens (including phenoxy) is 1. The molecule has 1 aliphatic rings. The van der Waals surface area contributed by atoms with Crippen molar-refractivity contribution in [1.29, 1.82) is 0 Å². The Balaban J connectivity index is 2.45. The molecular weight excluding hydrogens is 130 g/mol. The van der Waals surface area contributed by atoms with Crippen LogP contribution in [0.3, 0.4) is 0 Å². The zero-order chi connectivity index (χ0) is 7.61. The fraction of sp³-hybridized carbons (Fsp3) is 1.00. The topological polar surface area (TPSA) is 32.7 Å². The average Bonchev–Trinajstić information content (AvgIpc) is 2.38. The molecular formula is C7H15NO2. The molecule has 10 heavy (non-hydrogen) atoms. The lowest BCUT2D eigenvalue weighted by molar-refractivity contribution is -0.100. The van der Waals surface area contributed by atoms with Crippen LogP contribution in [-0.4, -0.2) is 35.6 Å². The molecule has 0 aromatic rings. The highest BCUT2D eigenvalue weighted by molar-refractivity contribution is 4.73. The van der Waals surface area contributed by atoms with Crippen molar-refractivity contribution in [3.8, 4) is 0 Å². The van der Waals surface area contributed by atoms with Crippen LogP contribution in [0.5, 0.6) is 0 Å². The lowest BCUT2D eigenvalue weighted by Gasteiger charge is -2.31. The number of aliphatic hydroxyl groups is 1. The SMILES string of the molecule is CCC(C)(O)N1CCOC1. The molecule has 0 aromatic carbocycles. The number of hydrogen-bond acceptors (Lipinski definition) is 3. The predicted octanol–water partition coefficient (Wildman–Crippen LogP) is 0.395. The van der Waals surface area contributed by atoms with Crippen molar-refractivity contribution in [2.75, 3.05) is 19.9 Å². The van der Waals surface area contributed by atoms with Crippen LogP contribution in [0.1, 0.15) is 20.3 Å². The first-order chi connectivity index (χ1) is 4.67. The third-order valence-corrected chi connectivity index (χ3v) is 2.10. The predicted molar refractivity (Wildman–Crippen MR) is 38.4 cm³/mol. The fourth-order valence-corrected chi connectivity index (χ4v) is 1.02. The van der Waals surface area contributed by atoms with Gasteiger partial charge in [0.05, 0.1) is 6.61 Å². The van der Waals surface area contributed by atoms with E-state index >= 15 is 0 Å². The maximum Gasteiger partial charge on any atom is 0.117 e. The van der Waals surface area contributed by atoms with E-state index < -0.39 is 5.72 Å². The minimum absolute atomic E-state index is 0.570. The largest absolute Gasteiger partial charge is 0.376 e. The summed E-state index contributed by atoms with van der Waals surface area (Å²) in [5, 5.41) is 9.67. The Morgan fingerprint density at radius 2 is 2.40 bits per heavy atom. The second kappa shape index (κ2) is 2.86. The molecule has 1 aliphatic heterocycles. The molecule has 1 N–H and O–H groups in total. The van der Waals surface area contributed by atoms with E-state index in [0.717, 1.165) is 19.6 Å². The van der Waals surface area contributed by atoms with E-state index in [1.165, 1.54) is 0 Å². The van der Waals surface area contributed by atoms with Crippen molar-refractivity contribution in [3.63, 3.8) is 0 Å². The van der Waals surface area contributed by atoms with Gasteiger partial charge in [-0.05, 0) is 13.3 Å². The molecule has 1 unspecified atom stereocenters. The Kier molecular flexibility index (Phi) is 2.28. The minimum Gasteiger partial charge on any atom is -0.376 e. The summed E-state index contributed by atoms with van der Waals surface area (Å²) in [7, 11) is 0. The van der Waals surface area contributed by atoms with Gasteiger partial charge in [0.2, 0.25) is 0 Å². The van der Waals surface area contributed by atoms with Gasteiger partial charge in [-0.15, -0.1) is 0 Å². The number of hydrogen-bond donors (Lipinski definition) is 1. The molecule has 0 saturated carbocycles. The van der Waals surface area contributed by atoms with Crippen LogP contribution in [0, 0.1) is 0 Å². The molecule has 1 rings (SSSR count). The van der Waals surface area contributed by atoms with E-state index in [1.54, 1.807) is 0 Å². The molecule has 0 radical (unpaired) electrons. The smallest absolute Gasteiger partial charge is 0.117 e. The van der Waals surface area contributed by atoms with Crippen LogP contribution < -0.4 is 0 Å². The average molecular weight is 145 g/mol. The van der Waals surface area contributed by atoms with Crippen LogP contribution >= 0.6 is 0 Å². The quantitative estimate of drug-likeness (QED) is 0.610. The molecule has 0 aliphatic carbocycles. The van der Waals surface area contributed by atoms with Crippen molar-refractivity contribution in [3.05, 3.63) is 0 Å². The van der Waals surface area contributed by atoms with Gasteiger partial charge < -0.3 is 9.84 Å². The Bertz CT molecular complexity index is 108. The Morgan fingerprint density at radius 3 is 2.80 bits per heavy atom. The summed E-state index contributed by atoms with van der Waals surface area (Å²) in [5.74, 6) is 0. The molecule has 1 heterocycles. The summed E-state index contributed by atoms with van der Waals surface area (Å²) in [6.45, 7) is 5.96. The summed E-state index contributed by atoms with van der Waals surface area (Å²) in [4.78, 5) is 1.94. The molecule has 3 nitrogen and oxygen atoms in total. The fourth-order valence-electron chi connectivity index (χ4n) is 1.02. The van der Waals surface area contributed by atoms with Gasteiger partial charge in [-0.1, -0.05) is 6.92 Å². The second-order valence-electron chi connectivity index (χ2n) is 2.87. The standard InChI is InChI=1S/C7H15NO2/c1-3-7(2,9)8-4-5-10-6-8/h9H,3-6H2,1-2H3. The highest BCUT2D eigenvalue weighted by Crippen LogP contribution is 2.17. The Morgan fingerprint density at radius 1 is 1.70 bits per heavy atom. The normalized spacial score (nSPS) is 26.7. The van der Waals surface area contributed by atoms with Crippen LogP contribution in [0.2, 0.25) is 0 Å². The number of rotatable bonds is 2. The Labute approximate surface area is 61.6 Å². The summed E-state index contributed by atoms with van der Waals surface area (Å²) < 4.78 is 5.11. The van der Waals surface area contributed by atoms with Crippen molar-refractivity contribution < 1.29 is 9.84 Å². The third-order valence-electron chi connectivity index (χ3n) is 2.10. The molecule has 1 saturated heterocycles. The highest BCUT2D eigenvalue weighted by Gasteiger charge is 2.29. The van der Waals surface area contributed by atoms with Gasteiger partial charge in [-0.25, -0.2) is 0 Å². The summed E-state index contributed by atoms with van der Waals surface area (Å²) in [6.07, 6.45) is 0.746. The Hall–Kier alpha value is -0.120. The van der Waals surface area contributed by atoms with Crippen LogP contribution in [-0.2, 0) is 4.74 Å². The molecule has 1 atom stereocenters. The summed E-state index contributed by atoms with van der Waals surface area (Å²) in [6, 6.07) is 0. The maximum atomic E-state index is 9.67. The van der Waals surface area contributed by atoms with Gasteiger partial charge in [0.1, 0.15) is 12.5 Å². The monoisotopic (exact) mass is 145 g/mol. The van der Waals surface area contributed by atoms with E-state index in [2.05, 4.69) is 0 Å². The van der Waals surface area contributed by atoms with E-state index in [0.29, 0.717) is 6.73 Å². The van der Waals surface area contributed by atoms with Gasteiger partial charge >= 0.3 is 0 Å². The lowest BCUT2D eigenvalue weighted by atomic mass is 10.2. The van der Waals surface area contributed by atoms with Crippen molar-refractivity contribution >= 4 is 0 Å². The molecule has 0 aromatic heterocycles. The maximum absolute atomic E-state index is 9.67. The van der Waals surface area contributed by atoms with E-state index in [9.17, 15) is 5.11 Å². The molecule has 0 amide bonds. The summed E-state index contributed by atoms with van der Waals surface area (Å²) in [5.41, 5.74) is -0.670. The highest BCUT2D eigenvalue weighted by atomic mass is 16.5. The third kappa shape index (κ3) is 1.48. The van der Waals surface area contributed by atoms with Crippen molar-refractivity contribution in [2.24, 2.45) is 0 Å². The van der Waals surface area contributed by atoms with Gasteiger partial charge in [-0.3, -0.25) is 4.90 Å². The molecule has 0 spiro atoms. The molecule has 60 valence electrons. The van der Waals surface area contributed by atoms with Crippen LogP contribution in [0.4, 0.5) is 0 Å². The molecule has 1 fully saturated rings. The van der Waals surface area contributed by atoms with Gasteiger partial charge in [0.25, 0.3) is 0 Å². The number of nitrogens with zero attached hydrogens (tertiary/aromatic N) is 1. The van der Waals surface area contributed by atoms with Gasteiger partial charge in [0, 0.05) is 6.54 Å². The minimum atomic E-state index is -0.670. The first kappa shape index (κ1) is 7.98. The first-order valence-electron chi connectivity index (χ1n) is 3.72. The van der Waals surface area contributed by atoms with Crippen molar-refractivity contribution in [1.82, 2.24) is 4.90 Å². The van der Waals surface area contributed by atoms with E-state index in [-0.39, 0.29) is 0 Å². The van der Waals surface area contributed by atoms with Crippen LogP contribution in [0.15, 0.2) is 0 Å². The van der Waals surface area contributed by atoms with E-state index in [1.807, 2.05) is 18.7 Å². The van der Waals surface area contributed by atoms with Gasteiger partial charge in [-0.2, -0.15) is 0 Å². The van der Waals surface area contributed by atoms with Crippen LogP contribution in [0.25, 0.3) is 0 Å². The summed E-state index contributed by atoms with van der Waals surface area (Å²) >= 11 is 0. The van der Waals surface area contributed by atoms with Crippen molar-refractivity contribution in [2.45, 2.75) is 26.0 Å². The molecule has 3 heteroatoms. The first-order valence-corrected chi connectivity index (χ1v) is 3.72. The van der Waals surface area contributed by atoms with Gasteiger partial charge in [0.15, 0.2) is 0 Å². The second-order valence-corrected chi connectivity index (χ2v) is 2.87. The zero-order valence-corrected chi connectivity index (χ0v) is 6.63. The van der Waals surface area contributed by atoms with E-state index in [4.69, 9.17) is 4.74 Å². The zero-order valence-electron chi connectivity index (χ0n) is 6.63. The molecule has 0 bridgehead atoms. The lowest BCUT2D eigenvalue weighted by Crippen LogP contribution is -2.44.